The number of sulfonamides is 1. The van der Waals surface area contributed by atoms with E-state index in [1.807, 2.05) is 30.3 Å². The van der Waals surface area contributed by atoms with Crippen LogP contribution in [0.4, 0.5) is 0 Å². The zero-order valence-electron chi connectivity index (χ0n) is 13.2. The molecule has 7 heteroatoms. The summed E-state index contributed by atoms with van der Waals surface area (Å²) < 4.78 is 31.6. The summed E-state index contributed by atoms with van der Waals surface area (Å²) in [5.41, 5.74) is 0. The van der Waals surface area contributed by atoms with Gasteiger partial charge in [0, 0.05) is 26.2 Å². The van der Waals surface area contributed by atoms with Gasteiger partial charge < -0.3 is 9.64 Å². The summed E-state index contributed by atoms with van der Waals surface area (Å²) in [4.78, 5) is 14.1. The molecule has 1 aliphatic carbocycles. The van der Waals surface area contributed by atoms with Gasteiger partial charge in [-0.15, -0.1) is 0 Å². The van der Waals surface area contributed by atoms with Gasteiger partial charge in [-0.2, -0.15) is 4.31 Å². The van der Waals surface area contributed by atoms with Crippen LogP contribution in [-0.4, -0.2) is 61.1 Å². The highest BCUT2D eigenvalue weighted by Crippen LogP contribution is 2.31. The Hall–Kier alpha value is -1.60. The fourth-order valence-electron chi connectivity index (χ4n) is 2.75. The van der Waals surface area contributed by atoms with Crippen LogP contribution in [-0.2, 0) is 14.8 Å². The fraction of sp³-hybridized carbons (Fsp3) is 0.562. The predicted molar refractivity (Wildman–Crippen MR) is 86.6 cm³/mol. The van der Waals surface area contributed by atoms with E-state index in [-0.39, 0.29) is 11.2 Å². The average Bonchev–Trinajstić information content (AvgIpc) is 3.40. The summed E-state index contributed by atoms with van der Waals surface area (Å²) in [6, 6.07) is 9.22. The van der Waals surface area contributed by atoms with Crippen LogP contribution in [0.15, 0.2) is 30.3 Å². The van der Waals surface area contributed by atoms with Crippen molar-refractivity contribution in [1.29, 1.82) is 0 Å². The second kappa shape index (κ2) is 6.49. The Morgan fingerprint density at radius 1 is 1.13 bits per heavy atom. The molecule has 0 aromatic heterocycles. The summed E-state index contributed by atoms with van der Waals surface area (Å²) in [5.74, 6) is 0.556. The number of carbonyl (C=O) groups excluding carboxylic acids is 1. The van der Waals surface area contributed by atoms with Crippen molar-refractivity contribution in [3.8, 4) is 5.75 Å². The lowest BCUT2D eigenvalue weighted by molar-refractivity contribution is -0.139. The number of para-hydroxylation sites is 1. The van der Waals surface area contributed by atoms with E-state index < -0.39 is 16.1 Å². The van der Waals surface area contributed by atoms with Crippen LogP contribution in [0.5, 0.6) is 5.75 Å². The molecule has 0 spiro atoms. The Bertz CT molecular complexity index is 650. The maximum atomic E-state index is 12.4. The Balaban J connectivity index is 1.53. The molecule has 0 bridgehead atoms. The van der Waals surface area contributed by atoms with Crippen molar-refractivity contribution in [1.82, 2.24) is 9.21 Å². The van der Waals surface area contributed by atoms with E-state index in [0.717, 1.165) is 12.8 Å². The molecule has 1 saturated carbocycles. The third-order valence-electron chi connectivity index (χ3n) is 4.26. The molecule has 1 atom stereocenters. The summed E-state index contributed by atoms with van der Waals surface area (Å²) in [6.45, 7) is 3.33. The molecule has 1 aromatic rings. The van der Waals surface area contributed by atoms with Crippen LogP contribution in [0.1, 0.15) is 19.8 Å². The largest absolute Gasteiger partial charge is 0.481 e. The maximum Gasteiger partial charge on any atom is 0.263 e. The molecule has 126 valence electrons. The van der Waals surface area contributed by atoms with Crippen molar-refractivity contribution < 1.29 is 17.9 Å². The molecule has 23 heavy (non-hydrogen) atoms. The number of benzene rings is 1. The third-order valence-corrected chi connectivity index (χ3v) is 6.66. The first-order chi connectivity index (χ1) is 11.0. The van der Waals surface area contributed by atoms with Crippen LogP contribution in [0, 0.1) is 0 Å². The van der Waals surface area contributed by atoms with Crippen molar-refractivity contribution in [2.75, 3.05) is 26.2 Å². The van der Waals surface area contributed by atoms with E-state index in [1.165, 1.54) is 4.31 Å². The minimum atomic E-state index is -3.14. The minimum Gasteiger partial charge on any atom is -0.481 e. The van der Waals surface area contributed by atoms with Crippen LogP contribution >= 0.6 is 0 Å². The van der Waals surface area contributed by atoms with Crippen LogP contribution in [0.3, 0.4) is 0 Å². The Morgan fingerprint density at radius 2 is 1.74 bits per heavy atom. The zero-order chi connectivity index (χ0) is 16.4. The van der Waals surface area contributed by atoms with Gasteiger partial charge in [-0.1, -0.05) is 18.2 Å². The topological polar surface area (TPSA) is 66.9 Å². The van der Waals surface area contributed by atoms with E-state index in [1.54, 1.807) is 11.8 Å². The number of hydrogen-bond donors (Lipinski definition) is 0. The first kappa shape index (κ1) is 16.3. The maximum absolute atomic E-state index is 12.4. The average molecular weight is 338 g/mol. The molecule has 1 saturated heterocycles. The van der Waals surface area contributed by atoms with Gasteiger partial charge in [-0.3, -0.25) is 4.79 Å². The molecule has 1 amide bonds. The molecule has 1 heterocycles. The van der Waals surface area contributed by atoms with E-state index in [2.05, 4.69) is 0 Å². The Morgan fingerprint density at radius 3 is 2.30 bits per heavy atom. The number of rotatable bonds is 5. The summed E-state index contributed by atoms with van der Waals surface area (Å²) in [5, 5.41) is -0.190. The highest BCUT2D eigenvalue weighted by atomic mass is 32.2. The first-order valence-electron chi connectivity index (χ1n) is 7.98. The lowest BCUT2D eigenvalue weighted by Gasteiger charge is -2.35. The van der Waals surface area contributed by atoms with E-state index >= 15 is 0 Å². The fourth-order valence-corrected chi connectivity index (χ4v) is 4.58. The smallest absolute Gasteiger partial charge is 0.263 e. The molecule has 1 unspecified atom stereocenters. The molecule has 1 aromatic carbocycles. The third kappa shape index (κ3) is 3.67. The molecule has 0 radical (unpaired) electrons. The Kier molecular flexibility index (Phi) is 4.59. The number of ether oxygens (including phenoxy) is 1. The molecule has 1 aliphatic heterocycles. The highest BCUT2D eigenvalue weighted by Gasteiger charge is 2.41. The standard InChI is InChI=1S/C16H22N2O4S/c1-13(22-14-5-3-2-4-6-14)16(19)17-9-11-18(12-10-17)23(20,21)15-7-8-15/h2-6,13,15H,7-12H2,1H3. The second-order valence-corrected chi connectivity index (χ2v) is 8.25. The van der Waals surface area contributed by atoms with Crippen molar-refractivity contribution in [2.45, 2.75) is 31.1 Å². The summed E-state index contributed by atoms with van der Waals surface area (Å²) in [6.07, 6.45) is 0.955. The number of carbonyl (C=O) groups is 1. The van der Waals surface area contributed by atoms with Gasteiger partial charge in [0.2, 0.25) is 10.0 Å². The van der Waals surface area contributed by atoms with Crippen molar-refractivity contribution in [3.05, 3.63) is 30.3 Å². The van der Waals surface area contributed by atoms with Gasteiger partial charge >= 0.3 is 0 Å². The molecular formula is C16H22N2O4S. The molecular weight excluding hydrogens is 316 g/mol. The second-order valence-electron chi connectivity index (χ2n) is 6.04. The lowest BCUT2D eigenvalue weighted by atomic mass is 10.3. The van der Waals surface area contributed by atoms with E-state index in [0.29, 0.717) is 31.9 Å². The van der Waals surface area contributed by atoms with Crippen LogP contribution in [0.2, 0.25) is 0 Å². The quantitative estimate of drug-likeness (QED) is 0.806. The number of amides is 1. The molecule has 6 nitrogen and oxygen atoms in total. The van der Waals surface area contributed by atoms with Gasteiger partial charge in [0.15, 0.2) is 6.10 Å². The SMILES string of the molecule is CC(Oc1ccccc1)C(=O)N1CCN(S(=O)(=O)C2CC2)CC1. The zero-order valence-corrected chi connectivity index (χ0v) is 14.0. The monoisotopic (exact) mass is 338 g/mol. The number of nitrogens with zero attached hydrogens (tertiary/aromatic N) is 2. The van der Waals surface area contributed by atoms with Gasteiger partial charge in [0.1, 0.15) is 5.75 Å². The van der Waals surface area contributed by atoms with Gasteiger partial charge in [-0.05, 0) is 31.9 Å². The van der Waals surface area contributed by atoms with Crippen molar-refractivity contribution in [2.24, 2.45) is 0 Å². The van der Waals surface area contributed by atoms with Gasteiger partial charge in [0.25, 0.3) is 5.91 Å². The molecule has 0 N–H and O–H groups in total. The minimum absolute atomic E-state index is 0.0997. The normalized spacial score (nSPS) is 21.0. The summed E-state index contributed by atoms with van der Waals surface area (Å²) >= 11 is 0. The van der Waals surface area contributed by atoms with Gasteiger partial charge in [-0.25, -0.2) is 8.42 Å². The molecule has 3 rings (SSSR count). The number of hydrogen-bond acceptors (Lipinski definition) is 4. The van der Waals surface area contributed by atoms with E-state index in [9.17, 15) is 13.2 Å². The van der Waals surface area contributed by atoms with Crippen LogP contribution in [0.25, 0.3) is 0 Å². The molecule has 2 fully saturated rings. The van der Waals surface area contributed by atoms with Crippen LogP contribution < -0.4 is 4.74 Å². The Labute approximate surface area is 137 Å². The predicted octanol–water partition coefficient (Wildman–Crippen LogP) is 1.09. The van der Waals surface area contributed by atoms with Gasteiger partial charge in [0.05, 0.1) is 5.25 Å². The highest BCUT2D eigenvalue weighted by molar-refractivity contribution is 7.90. The van der Waals surface area contributed by atoms with Crippen molar-refractivity contribution >= 4 is 15.9 Å². The van der Waals surface area contributed by atoms with Crippen molar-refractivity contribution in [3.63, 3.8) is 0 Å². The molecule has 2 aliphatic rings. The first-order valence-corrected chi connectivity index (χ1v) is 9.48. The lowest BCUT2D eigenvalue weighted by Crippen LogP contribution is -2.53. The summed E-state index contributed by atoms with van der Waals surface area (Å²) in [7, 11) is -3.14. The van der Waals surface area contributed by atoms with E-state index in [4.69, 9.17) is 4.74 Å². The number of piperazine rings is 1.